The van der Waals surface area contributed by atoms with Crippen molar-refractivity contribution in [3.8, 4) is 0 Å². The van der Waals surface area contributed by atoms with Crippen molar-refractivity contribution in [3.05, 3.63) is 36.4 Å². The molecular formula is C13H18N2. The van der Waals surface area contributed by atoms with Gasteiger partial charge in [-0.3, -0.25) is 9.97 Å². The Labute approximate surface area is 91.4 Å². The monoisotopic (exact) mass is 202 g/mol. The molecule has 2 heterocycles. The first kappa shape index (κ1) is 11.6. The third-order valence-corrected chi connectivity index (χ3v) is 2.15. The van der Waals surface area contributed by atoms with Crippen molar-refractivity contribution in [1.29, 1.82) is 0 Å². The molecule has 0 atom stereocenters. The topological polar surface area (TPSA) is 25.8 Å². The highest BCUT2D eigenvalue weighted by atomic mass is 14.7. The van der Waals surface area contributed by atoms with Crippen molar-refractivity contribution in [2.75, 3.05) is 0 Å². The molecule has 2 heteroatoms. The van der Waals surface area contributed by atoms with E-state index in [0.29, 0.717) is 5.92 Å². The number of nitrogens with zero attached hydrogens (tertiary/aromatic N) is 2. The lowest BCUT2D eigenvalue weighted by atomic mass is 10.0. The normalized spacial score (nSPS) is 9.93. The van der Waals surface area contributed by atoms with Gasteiger partial charge in [0.05, 0.1) is 5.69 Å². The van der Waals surface area contributed by atoms with E-state index in [2.05, 4.69) is 23.8 Å². The SMILES string of the molecule is CC.CC(C)c1nccc2ccncc12. The van der Waals surface area contributed by atoms with Crippen LogP contribution in [0.25, 0.3) is 10.8 Å². The van der Waals surface area contributed by atoms with E-state index in [9.17, 15) is 0 Å². The average molecular weight is 202 g/mol. The molecule has 0 bridgehead atoms. The summed E-state index contributed by atoms with van der Waals surface area (Å²) in [6.07, 6.45) is 5.56. The molecule has 0 saturated heterocycles. The van der Waals surface area contributed by atoms with Crippen LogP contribution in [0.3, 0.4) is 0 Å². The van der Waals surface area contributed by atoms with Crippen LogP contribution < -0.4 is 0 Å². The van der Waals surface area contributed by atoms with Gasteiger partial charge in [0, 0.05) is 24.0 Å². The highest BCUT2D eigenvalue weighted by Crippen LogP contribution is 2.21. The van der Waals surface area contributed by atoms with Crippen LogP contribution in [0.5, 0.6) is 0 Å². The molecule has 2 nitrogen and oxygen atoms in total. The highest BCUT2D eigenvalue weighted by molar-refractivity contribution is 5.83. The summed E-state index contributed by atoms with van der Waals surface area (Å²) in [5.74, 6) is 0.452. The number of hydrogen-bond donors (Lipinski definition) is 0. The van der Waals surface area contributed by atoms with Gasteiger partial charge in [0.25, 0.3) is 0 Å². The molecule has 80 valence electrons. The summed E-state index contributed by atoms with van der Waals surface area (Å²) in [6.45, 7) is 8.30. The van der Waals surface area contributed by atoms with Crippen molar-refractivity contribution in [2.24, 2.45) is 0 Å². The van der Waals surface area contributed by atoms with Crippen molar-refractivity contribution in [1.82, 2.24) is 9.97 Å². The van der Waals surface area contributed by atoms with Gasteiger partial charge in [0.2, 0.25) is 0 Å². The number of hydrogen-bond acceptors (Lipinski definition) is 2. The molecule has 0 radical (unpaired) electrons. The van der Waals surface area contributed by atoms with Gasteiger partial charge in [-0.2, -0.15) is 0 Å². The van der Waals surface area contributed by atoms with E-state index in [1.807, 2.05) is 44.6 Å². The Morgan fingerprint density at radius 3 is 2.40 bits per heavy atom. The van der Waals surface area contributed by atoms with Gasteiger partial charge >= 0.3 is 0 Å². The third kappa shape index (κ3) is 2.52. The van der Waals surface area contributed by atoms with E-state index in [4.69, 9.17) is 0 Å². The Morgan fingerprint density at radius 2 is 1.73 bits per heavy atom. The van der Waals surface area contributed by atoms with Gasteiger partial charge in [0.1, 0.15) is 0 Å². The molecule has 0 unspecified atom stereocenters. The minimum absolute atomic E-state index is 0.452. The first-order valence-corrected chi connectivity index (χ1v) is 5.47. The molecule has 0 amide bonds. The van der Waals surface area contributed by atoms with Crippen LogP contribution in [0.15, 0.2) is 30.7 Å². The third-order valence-electron chi connectivity index (χ3n) is 2.15. The van der Waals surface area contributed by atoms with Crippen molar-refractivity contribution in [2.45, 2.75) is 33.6 Å². The van der Waals surface area contributed by atoms with Gasteiger partial charge < -0.3 is 0 Å². The van der Waals surface area contributed by atoms with Crippen molar-refractivity contribution >= 4 is 10.8 Å². The van der Waals surface area contributed by atoms with E-state index < -0.39 is 0 Å². The second kappa shape index (κ2) is 5.44. The molecule has 0 aliphatic heterocycles. The number of rotatable bonds is 1. The Morgan fingerprint density at radius 1 is 1.07 bits per heavy atom. The fraction of sp³-hybridized carbons (Fsp3) is 0.385. The van der Waals surface area contributed by atoms with Gasteiger partial charge in [-0.15, -0.1) is 0 Å². The molecule has 0 aromatic carbocycles. The summed E-state index contributed by atoms with van der Waals surface area (Å²) < 4.78 is 0. The predicted molar refractivity (Wildman–Crippen MR) is 65.0 cm³/mol. The van der Waals surface area contributed by atoms with Gasteiger partial charge in [-0.25, -0.2) is 0 Å². The van der Waals surface area contributed by atoms with Crippen LogP contribution in [0.4, 0.5) is 0 Å². The van der Waals surface area contributed by atoms with E-state index >= 15 is 0 Å². The fourth-order valence-corrected chi connectivity index (χ4v) is 1.49. The minimum Gasteiger partial charge on any atom is -0.264 e. The van der Waals surface area contributed by atoms with Crippen LogP contribution >= 0.6 is 0 Å². The lowest BCUT2D eigenvalue weighted by molar-refractivity contribution is 0.834. The van der Waals surface area contributed by atoms with E-state index in [-0.39, 0.29) is 0 Å². The number of pyridine rings is 2. The van der Waals surface area contributed by atoms with Gasteiger partial charge in [0.15, 0.2) is 0 Å². The van der Waals surface area contributed by atoms with Crippen LogP contribution in [0.1, 0.15) is 39.3 Å². The summed E-state index contributed by atoms with van der Waals surface area (Å²) >= 11 is 0. The quantitative estimate of drug-likeness (QED) is 0.703. The second-order valence-corrected chi connectivity index (χ2v) is 3.45. The molecule has 0 saturated carbocycles. The van der Waals surface area contributed by atoms with Crippen LogP contribution in [0.2, 0.25) is 0 Å². The van der Waals surface area contributed by atoms with Crippen LogP contribution in [-0.2, 0) is 0 Å². The standard InChI is InChI=1S/C11H12N2.C2H6/c1-8(2)11-10-7-12-5-3-9(10)4-6-13-11;1-2/h3-8H,1-2H3;1-2H3. The molecular weight excluding hydrogens is 184 g/mol. The Bertz CT molecular complexity index is 416. The predicted octanol–water partition coefficient (Wildman–Crippen LogP) is 3.78. The van der Waals surface area contributed by atoms with Crippen molar-refractivity contribution < 1.29 is 0 Å². The van der Waals surface area contributed by atoms with Crippen LogP contribution in [0, 0.1) is 0 Å². The summed E-state index contributed by atoms with van der Waals surface area (Å²) in [5, 5.41) is 2.38. The molecule has 0 fully saturated rings. The number of fused-ring (bicyclic) bond motifs is 1. The molecule has 2 aromatic rings. The fourth-order valence-electron chi connectivity index (χ4n) is 1.49. The van der Waals surface area contributed by atoms with Crippen LogP contribution in [-0.4, -0.2) is 9.97 Å². The summed E-state index contributed by atoms with van der Waals surface area (Å²) in [5.41, 5.74) is 1.13. The maximum atomic E-state index is 4.37. The average Bonchev–Trinajstić information content (AvgIpc) is 2.31. The van der Waals surface area contributed by atoms with Gasteiger partial charge in [-0.05, 0) is 23.4 Å². The zero-order chi connectivity index (χ0) is 11.3. The Hall–Kier alpha value is -1.44. The summed E-state index contributed by atoms with van der Waals surface area (Å²) in [6, 6.07) is 4.03. The zero-order valence-corrected chi connectivity index (χ0v) is 9.86. The summed E-state index contributed by atoms with van der Waals surface area (Å²) in [7, 11) is 0. The zero-order valence-electron chi connectivity index (χ0n) is 9.86. The maximum Gasteiger partial charge on any atom is 0.0522 e. The molecule has 0 N–H and O–H groups in total. The first-order valence-electron chi connectivity index (χ1n) is 5.47. The van der Waals surface area contributed by atoms with Gasteiger partial charge in [-0.1, -0.05) is 27.7 Å². The van der Waals surface area contributed by atoms with Crippen molar-refractivity contribution in [3.63, 3.8) is 0 Å². The van der Waals surface area contributed by atoms with E-state index in [1.54, 1.807) is 0 Å². The second-order valence-electron chi connectivity index (χ2n) is 3.45. The Kier molecular flexibility index (Phi) is 4.22. The maximum absolute atomic E-state index is 4.37. The number of aromatic nitrogens is 2. The molecule has 2 aromatic heterocycles. The molecule has 0 aliphatic carbocycles. The summed E-state index contributed by atoms with van der Waals surface area (Å²) in [4.78, 5) is 8.48. The lowest BCUT2D eigenvalue weighted by Crippen LogP contribution is -1.93. The largest absolute Gasteiger partial charge is 0.264 e. The smallest absolute Gasteiger partial charge is 0.0522 e. The molecule has 15 heavy (non-hydrogen) atoms. The lowest BCUT2D eigenvalue weighted by Gasteiger charge is -2.07. The first-order chi connectivity index (χ1) is 7.29. The van der Waals surface area contributed by atoms with E-state index in [0.717, 1.165) is 5.69 Å². The molecule has 0 aliphatic rings. The minimum atomic E-state index is 0.452. The molecule has 0 spiro atoms. The Balaban J connectivity index is 0.000000531. The van der Waals surface area contributed by atoms with E-state index in [1.165, 1.54) is 10.8 Å². The molecule has 2 rings (SSSR count). The highest BCUT2D eigenvalue weighted by Gasteiger charge is 2.05.